The molecule has 0 atom stereocenters. The summed E-state index contributed by atoms with van der Waals surface area (Å²) in [5, 5.41) is 4.00. The highest BCUT2D eigenvalue weighted by Gasteiger charge is 2.11. The zero-order chi connectivity index (χ0) is 10.2. The maximum Gasteiger partial charge on any atom is 0.277 e. The van der Waals surface area contributed by atoms with Crippen LogP contribution in [0.4, 0.5) is 0 Å². The zero-order valence-electron chi connectivity index (χ0n) is 7.79. The highest BCUT2D eigenvalue weighted by molar-refractivity contribution is 7.80. The van der Waals surface area contributed by atoms with Crippen LogP contribution in [0.1, 0.15) is 16.8 Å². The molecule has 0 bridgehead atoms. The van der Waals surface area contributed by atoms with Gasteiger partial charge in [-0.15, -0.1) is 0 Å². The second-order valence-corrected chi connectivity index (χ2v) is 3.32. The molecular weight excluding hydrogens is 186 g/mol. The summed E-state index contributed by atoms with van der Waals surface area (Å²) >= 11 is 4.79. The van der Waals surface area contributed by atoms with Crippen LogP contribution in [0, 0.1) is 13.8 Å². The summed E-state index contributed by atoms with van der Waals surface area (Å²) < 4.78 is 1.25. The number of hydrogen-bond acceptors (Lipinski definition) is 3. The Bertz CT molecular complexity index is 422. The molecular formula is C8H11N3OS. The van der Waals surface area contributed by atoms with Gasteiger partial charge in [0.2, 0.25) is 0 Å². The van der Waals surface area contributed by atoms with E-state index < -0.39 is 0 Å². The van der Waals surface area contributed by atoms with E-state index in [2.05, 4.69) is 5.10 Å². The Morgan fingerprint density at radius 2 is 2.08 bits per heavy atom. The lowest BCUT2D eigenvalue weighted by Gasteiger charge is -2.07. The first-order valence-corrected chi connectivity index (χ1v) is 4.20. The smallest absolute Gasteiger partial charge is 0.277 e. The average Bonchev–Trinajstić information content (AvgIpc) is 2.01. The van der Waals surface area contributed by atoms with Crippen LogP contribution in [0.3, 0.4) is 0 Å². The normalized spacial score (nSPS) is 10.1. The molecule has 0 saturated heterocycles. The van der Waals surface area contributed by atoms with E-state index in [9.17, 15) is 4.79 Å². The number of aryl methyl sites for hydroxylation is 2. The van der Waals surface area contributed by atoms with Gasteiger partial charge in [-0.05, 0) is 19.4 Å². The van der Waals surface area contributed by atoms with Gasteiger partial charge in [-0.3, -0.25) is 4.79 Å². The van der Waals surface area contributed by atoms with Crippen molar-refractivity contribution in [2.45, 2.75) is 13.8 Å². The summed E-state index contributed by atoms with van der Waals surface area (Å²) in [5.74, 6) is 0. The Labute approximate surface area is 81.4 Å². The minimum absolute atomic E-state index is 0.128. The molecule has 0 aromatic carbocycles. The van der Waals surface area contributed by atoms with Gasteiger partial charge in [0.25, 0.3) is 5.56 Å². The van der Waals surface area contributed by atoms with Crippen LogP contribution in [-0.4, -0.2) is 14.8 Å². The summed E-state index contributed by atoms with van der Waals surface area (Å²) in [6.07, 6.45) is 0. The molecule has 0 radical (unpaired) electrons. The number of nitrogens with zero attached hydrogens (tertiary/aromatic N) is 2. The van der Waals surface area contributed by atoms with E-state index in [1.807, 2.05) is 6.92 Å². The van der Waals surface area contributed by atoms with Crippen molar-refractivity contribution >= 4 is 17.2 Å². The molecule has 0 aliphatic heterocycles. The number of aromatic nitrogens is 2. The number of rotatable bonds is 1. The maximum absolute atomic E-state index is 11.5. The van der Waals surface area contributed by atoms with Gasteiger partial charge in [-0.25, -0.2) is 4.68 Å². The molecule has 0 saturated carbocycles. The Hall–Kier alpha value is -1.23. The molecule has 13 heavy (non-hydrogen) atoms. The third-order valence-corrected chi connectivity index (χ3v) is 2.18. The number of thiocarbonyl (C=S) groups is 1. The largest absolute Gasteiger partial charge is 0.389 e. The minimum atomic E-state index is -0.240. The lowest BCUT2D eigenvalue weighted by Crippen LogP contribution is -2.31. The monoisotopic (exact) mass is 197 g/mol. The van der Waals surface area contributed by atoms with Crippen molar-refractivity contribution in [1.29, 1.82) is 0 Å². The zero-order valence-corrected chi connectivity index (χ0v) is 8.60. The van der Waals surface area contributed by atoms with Crippen molar-refractivity contribution in [3.05, 3.63) is 27.2 Å². The van der Waals surface area contributed by atoms with Gasteiger partial charge in [0.05, 0.1) is 11.3 Å². The lowest BCUT2D eigenvalue weighted by molar-refractivity contribution is 0.685. The fourth-order valence-corrected chi connectivity index (χ4v) is 1.38. The van der Waals surface area contributed by atoms with Crippen molar-refractivity contribution in [1.82, 2.24) is 9.78 Å². The highest BCUT2D eigenvalue weighted by Crippen LogP contribution is 2.04. The molecule has 0 aliphatic rings. The van der Waals surface area contributed by atoms with Crippen molar-refractivity contribution in [3.8, 4) is 0 Å². The van der Waals surface area contributed by atoms with Crippen LogP contribution < -0.4 is 11.3 Å². The van der Waals surface area contributed by atoms with Crippen LogP contribution >= 0.6 is 12.2 Å². The van der Waals surface area contributed by atoms with Crippen LogP contribution in [-0.2, 0) is 7.05 Å². The van der Waals surface area contributed by atoms with E-state index in [-0.39, 0.29) is 10.5 Å². The van der Waals surface area contributed by atoms with Crippen molar-refractivity contribution in [2.75, 3.05) is 0 Å². The molecule has 1 aromatic heterocycles. The lowest BCUT2D eigenvalue weighted by atomic mass is 10.1. The predicted molar refractivity (Wildman–Crippen MR) is 54.8 cm³/mol. The Morgan fingerprint density at radius 1 is 1.54 bits per heavy atom. The number of nitrogens with two attached hydrogens (primary N) is 1. The van der Waals surface area contributed by atoms with Crippen LogP contribution in [0.15, 0.2) is 4.79 Å². The summed E-state index contributed by atoms with van der Waals surface area (Å²) in [6.45, 7) is 3.61. The van der Waals surface area contributed by atoms with E-state index >= 15 is 0 Å². The molecule has 4 nitrogen and oxygen atoms in total. The van der Waals surface area contributed by atoms with Crippen LogP contribution in [0.2, 0.25) is 0 Å². The SMILES string of the molecule is Cc1nn(C)c(=O)c(C(N)=S)c1C. The van der Waals surface area contributed by atoms with Gasteiger partial charge in [-0.1, -0.05) is 12.2 Å². The van der Waals surface area contributed by atoms with Crippen molar-refractivity contribution in [2.24, 2.45) is 12.8 Å². The summed E-state index contributed by atoms with van der Waals surface area (Å²) in [4.78, 5) is 11.6. The van der Waals surface area contributed by atoms with Crippen molar-refractivity contribution in [3.63, 3.8) is 0 Å². The fourth-order valence-electron chi connectivity index (χ4n) is 1.14. The van der Waals surface area contributed by atoms with Crippen molar-refractivity contribution < 1.29 is 0 Å². The van der Waals surface area contributed by atoms with Gasteiger partial charge in [0.1, 0.15) is 4.99 Å². The molecule has 0 unspecified atom stereocenters. The second kappa shape index (κ2) is 3.26. The first kappa shape index (κ1) is 9.85. The first-order chi connectivity index (χ1) is 5.95. The Kier molecular flexibility index (Phi) is 2.47. The molecule has 0 aliphatic carbocycles. The molecule has 0 fully saturated rings. The third-order valence-electron chi connectivity index (χ3n) is 1.97. The molecule has 5 heteroatoms. The summed E-state index contributed by atoms with van der Waals surface area (Å²) in [7, 11) is 1.58. The Morgan fingerprint density at radius 3 is 2.54 bits per heavy atom. The molecule has 70 valence electrons. The van der Waals surface area contributed by atoms with E-state index in [4.69, 9.17) is 18.0 Å². The Balaban J connectivity index is 3.66. The molecule has 0 amide bonds. The average molecular weight is 197 g/mol. The minimum Gasteiger partial charge on any atom is -0.389 e. The molecule has 0 spiro atoms. The van der Waals surface area contributed by atoms with Gasteiger partial charge in [0.15, 0.2) is 0 Å². The third kappa shape index (κ3) is 1.60. The molecule has 2 N–H and O–H groups in total. The number of hydrogen-bond donors (Lipinski definition) is 1. The van der Waals surface area contributed by atoms with Crippen LogP contribution in [0.25, 0.3) is 0 Å². The van der Waals surface area contributed by atoms with Gasteiger partial charge in [0, 0.05) is 7.05 Å². The molecule has 1 heterocycles. The van der Waals surface area contributed by atoms with Crippen LogP contribution in [0.5, 0.6) is 0 Å². The van der Waals surface area contributed by atoms with E-state index in [0.29, 0.717) is 5.56 Å². The van der Waals surface area contributed by atoms with Gasteiger partial charge >= 0.3 is 0 Å². The predicted octanol–water partition coefficient (Wildman–Crippen LogP) is 0.0313. The van der Waals surface area contributed by atoms with E-state index in [1.165, 1.54) is 4.68 Å². The van der Waals surface area contributed by atoms with E-state index in [0.717, 1.165) is 11.3 Å². The topological polar surface area (TPSA) is 60.9 Å². The molecule has 1 aromatic rings. The standard InChI is InChI=1S/C8H11N3OS/c1-4-5(2)10-11(3)8(12)6(4)7(9)13/h1-3H3,(H2,9,13). The maximum atomic E-state index is 11.5. The fraction of sp³-hybridized carbons (Fsp3) is 0.375. The highest BCUT2D eigenvalue weighted by atomic mass is 32.1. The summed E-state index contributed by atoms with van der Waals surface area (Å²) in [6, 6.07) is 0. The quantitative estimate of drug-likeness (QED) is 0.645. The van der Waals surface area contributed by atoms with Gasteiger partial charge in [-0.2, -0.15) is 5.10 Å². The molecule has 1 rings (SSSR count). The second-order valence-electron chi connectivity index (χ2n) is 2.88. The van der Waals surface area contributed by atoms with Gasteiger partial charge < -0.3 is 5.73 Å². The first-order valence-electron chi connectivity index (χ1n) is 3.79. The van der Waals surface area contributed by atoms with E-state index in [1.54, 1.807) is 14.0 Å². The summed E-state index contributed by atoms with van der Waals surface area (Å²) in [5.41, 5.74) is 7.13.